The summed E-state index contributed by atoms with van der Waals surface area (Å²) in [5, 5.41) is 11.5. The second-order valence-electron chi connectivity index (χ2n) is 3.97. The van der Waals surface area contributed by atoms with Crippen molar-refractivity contribution in [2.75, 3.05) is 13.1 Å². The maximum atomic E-state index is 11.8. The molecular weight excluding hydrogens is 236 g/mol. The van der Waals surface area contributed by atoms with Crippen molar-refractivity contribution in [3.8, 4) is 0 Å². The fourth-order valence-corrected chi connectivity index (χ4v) is 1.43. The Hall–Kier alpha value is -2.05. The molecule has 1 rings (SSSR count). The molecule has 0 aliphatic heterocycles. The van der Waals surface area contributed by atoms with E-state index in [1.54, 1.807) is 26.2 Å². The summed E-state index contributed by atoms with van der Waals surface area (Å²) in [5.41, 5.74) is 0. The summed E-state index contributed by atoms with van der Waals surface area (Å²) in [4.78, 5) is 30.9. The van der Waals surface area contributed by atoms with Crippen LogP contribution in [0.4, 0.5) is 4.79 Å². The van der Waals surface area contributed by atoms with Crippen LogP contribution < -0.4 is 5.32 Å². The van der Waals surface area contributed by atoms with E-state index in [2.05, 4.69) is 15.3 Å². The van der Waals surface area contributed by atoms with Crippen LogP contribution in [0, 0.1) is 5.92 Å². The molecule has 0 aliphatic carbocycles. The van der Waals surface area contributed by atoms with Crippen molar-refractivity contribution >= 4 is 12.0 Å². The van der Waals surface area contributed by atoms with Gasteiger partial charge in [-0.3, -0.25) is 4.79 Å². The van der Waals surface area contributed by atoms with Gasteiger partial charge >= 0.3 is 12.0 Å². The van der Waals surface area contributed by atoms with Gasteiger partial charge in [0.25, 0.3) is 0 Å². The molecule has 7 heteroatoms. The number of aromatic nitrogens is 2. The average Bonchev–Trinajstić information content (AvgIpc) is 2.85. The second-order valence-corrected chi connectivity index (χ2v) is 3.97. The molecule has 0 bridgehead atoms. The molecule has 0 fully saturated rings. The van der Waals surface area contributed by atoms with E-state index >= 15 is 0 Å². The van der Waals surface area contributed by atoms with Crippen molar-refractivity contribution in [1.29, 1.82) is 0 Å². The van der Waals surface area contributed by atoms with E-state index < -0.39 is 11.9 Å². The predicted molar refractivity (Wildman–Crippen MR) is 64.9 cm³/mol. The molecule has 0 aromatic carbocycles. The molecule has 1 heterocycles. The van der Waals surface area contributed by atoms with Crippen LogP contribution in [0.1, 0.15) is 19.7 Å². The number of carbonyl (C=O) groups excluding carboxylic acids is 1. The van der Waals surface area contributed by atoms with Crippen molar-refractivity contribution < 1.29 is 14.7 Å². The molecule has 1 unspecified atom stereocenters. The standard InChI is InChI=1S/C11H18N4O3/c1-3-15(7-8(2)10(16)17)11(18)14-6-9-12-4-5-13-9/h4-5,8H,3,6-7H2,1-2H3,(H,12,13)(H,14,18)(H,16,17). The Morgan fingerprint density at radius 2 is 2.33 bits per heavy atom. The lowest BCUT2D eigenvalue weighted by molar-refractivity contribution is -0.141. The molecule has 0 aliphatic rings. The third-order valence-corrected chi connectivity index (χ3v) is 2.55. The summed E-state index contributed by atoms with van der Waals surface area (Å²) in [6.07, 6.45) is 3.27. The van der Waals surface area contributed by atoms with Crippen LogP contribution in [0.25, 0.3) is 0 Å². The van der Waals surface area contributed by atoms with E-state index in [1.165, 1.54) is 4.90 Å². The fraction of sp³-hybridized carbons (Fsp3) is 0.545. The molecule has 1 aromatic rings. The van der Waals surface area contributed by atoms with Gasteiger partial charge in [-0.25, -0.2) is 9.78 Å². The number of nitrogens with one attached hydrogen (secondary N) is 2. The number of carboxylic acid groups (broad SMARTS) is 1. The lowest BCUT2D eigenvalue weighted by Crippen LogP contribution is -2.43. The third kappa shape index (κ3) is 4.08. The van der Waals surface area contributed by atoms with E-state index in [9.17, 15) is 9.59 Å². The Morgan fingerprint density at radius 3 is 2.83 bits per heavy atom. The summed E-state index contributed by atoms with van der Waals surface area (Å²) in [6.45, 7) is 4.33. The van der Waals surface area contributed by atoms with Crippen LogP contribution >= 0.6 is 0 Å². The summed E-state index contributed by atoms with van der Waals surface area (Å²) in [5.74, 6) is -0.836. The molecule has 0 saturated heterocycles. The minimum absolute atomic E-state index is 0.190. The molecular formula is C11H18N4O3. The summed E-state index contributed by atoms with van der Waals surface area (Å²) in [7, 11) is 0. The maximum Gasteiger partial charge on any atom is 0.317 e. The number of carboxylic acids is 1. The highest BCUT2D eigenvalue weighted by Crippen LogP contribution is 2.01. The fourth-order valence-electron chi connectivity index (χ4n) is 1.43. The quantitative estimate of drug-likeness (QED) is 0.694. The van der Waals surface area contributed by atoms with Gasteiger partial charge in [0.15, 0.2) is 0 Å². The van der Waals surface area contributed by atoms with Gasteiger partial charge in [0, 0.05) is 25.5 Å². The number of hydrogen-bond acceptors (Lipinski definition) is 3. The van der Waals surface area contributed by atoms with Gasteiger partial charge in [-0.2, -0.15) is 0 Å². The number of rotatable bonds is 6. The minimum atomic E-state index is -0.910. The van der Waals surface area contributed by atoms with Gasteiger partial charge in [0.2, 0.25) is 0 Å². The Bertz CT molecular complexity index is 391. The molecule has 18 heavy (non-hydrogen) atoms. The van der Waals surface area contributed by atoms with Crippen molar-refractivity contribution in [3.05, 3.63) is 18.2 Å². The summed E-state index contributed by atoms with van der Waals surface area (Å²) >= 11 is 0. The van der Waals surface area contributed by atoms with Gasteiger partial charge in [-0.1, -0.05) is 6.92 Å². The Kier molecular flexibility index (Phi) is 5.16. The number of imidazole rings is 1. The number of amides is 2. The van der Waals surface area contributed by atoms with Gasteiger partial charge in [-0.05, 0) is 6.92 Å². The first-order chi connectivity index (χ1) is 8.54. The zero-order valence-electron chi connectivity index (χ0n) is 10.5. The second kappa shape index (κ2) is 6.63. The highest BCUT2D eigenvalue weighted by atomic mass is 16.4. The molecule has 0 radical (unpaired) electrons. The zero-order valence-corrected chi connectivity index (χ0v) is 10.5. The highest BCUT2D eigenvalue weighted by Gasteiger charge is 2.19. The van der Waals surface area contributed by atoms with Gasteiger partial charge < -0.3 is 20.3 Å². The normalized spacial score (nSPS) is 11.9. The number of urea groups is 1. The Labute approximate surface area is 105 Å². The third-order valence-electron chi connectivity index (χ3n) is 2.55. The SMILES string of the molecule is CCN(CC(C)C(=O)O)C(=O)NCc1ncc[nH]1. The summed E-state index contributed by atoms with van der Waals surface area (Å²) in [6, 6.07) is -0.290. The molecule has 0 saturated carbocycles. The van der Waals surface area contributed by atoms with Crippen molar-refractivity contribution in [1.82, 2.24) is 20.2 Å². The van der Waals surface area contributed by atoms with Gasteiger partial charge in [0.1, 0.15) is 5.82 Å². The minimum Gasteiger partial charge on any atom is -0.481 e. The molecule has 100 valence electrons. The molecule has 7 nitrogen and oxygen atoms in total. The van der Waals surface area contributed by atoms with Gasteiger partial charge in [0.05, 0.1) is 12.5 Å². The van der Waals surface area contributed by atoms with Crippen LogP contribution in [0.3, 0.4) is 0 Å². The van der Waals surface area contributed by atoms with E-state index in [0.717, 1.165) is 0 Å². The largest absolute Gasteiger partial charge is 0.481 e. The highest BCUT2D eigenvalue weighted by molar-refractivity contribution is 5.75. The number of carbonyl (C=O) groups is 2. The smallest absolute Gasteiger partial charge is 0.317 e. The number of hydrogen-bond donors (Lipinski definition) is 3. The molecule has 3 N–H and O–H groups in total. The first-order valence-corrected chi connectivity index (χ1v) is 5.78. The van der Waals surface area contributed by atoms with Crippen molar-refractivity contribution in [3.63, 3.8) is 0 Å². The van der Waals surface area contributed by atoms with E-state index in [1.807, 2.05) is 0 Å². The topological polar surface area (TPSA) is 98.3 Å². The van der Waals surface area contributed by atoms with Crippen molar-refractivity contribution in [2.24, 2.45) is 5.92 Å². The van der Waals surface area contributed by atoms with Gasteiger partial charge in [-0.15, -0.1) is 0 Å². The van der Waals surface area contributed by atoms with Crippen LogP contribution in [-0.2, 0) is 11.3 Å². The number of aliphatic carboxylic acids is 1. The first kappa shape index (κ1) is 14.0. The van der Waals surface area contributed by atoms with E-state index in [4.69, 9.17) is 5.11 Å². The predicted octanol–water partition coefficient (Wildman–Crippen LogP) is 0.662. The van der Waals surface area contributed by atoms with Crippen LogP contribution in [0.5, 0.6) is 0 Å². The Balaban J connectivity index is 2.44. The average molecular weight is 254 g/mol. The molecule has 2 amide bonds. The Morgan fingerprint density at radius 1 is 1.61 bits per heavy atom. The number of aromatic amines is 1. The lowest BCUT2D eigenvalue weighted by Gasteiger charge is -2.22. The maximum absolute atomic E-state index is 11.8. The zero-order chi connectivity index (χ0) is 13.5. The molecule has 1 atom stereocenters. The monoisotopic (exact) mass is 254 g/mol. The summed E-state index contributed by atoms with van der Waals surface area (Å²) < 4.78 is 0. The first-order valence-electron chi connectivity index (χ1n) is 5.78. The number of nitrogens with zero attached hydrogens (tertiary/aromatic N) is 2. The van der Waals surface area contributed by atoms with Crippen molar-refractivity contribution in [2.45, 2.75) is 20.4 Å². The van der Waals surface area contributed by atoms with E-state index in [0.29, 0.717) is 18.9 Å². The van der Waals surface area contributed by atoms with Crippen LogP contribution in [-0.4, -0.2) is 45.1 Å². The number of H-pyrrole nitrogens is 1. The van der Waals surface area contributed by atoms with Crippen LogP contribution in [0.2, 0.25) is 0 Å². The molecule has 0 spiro atoms. The molecule has 1 aromatic heterocycles. The van der Waals surface area contributed by atoms with E-state index in [-0.39, 0.29) is 12.6 Å². The van der Waals surface area contributed by atoms with Crippen LogP contribution in [0.15, 0.2) is 12.4 Å². The lowest BCUT2D eigenvalue weighted by atomic mass is 10.2.